The molecule has 1 aromatic heterocycles. The predicted octanol–water partition coefficient (Wildman–Crippen LogP) is 3.36. The second-order valence-electron chi connectivity index (χ2n) is 4.55. The number of hydrogen-bond donors (Lipinski definition) is 2. The number of nitrogens with zero attached hydrogens (tertiary/aromatic N) is 2. The number of rotatable bonds is 5. The van der Waals surface area contributed by atoms with E-state index in [1.807, 2.05) is 17.7 Å². The van der Waals surface area contributed by atoms with Crippen LogP contribution in [0.1, 0.15) is 19.2 Å². The van der Waals surface area contributed by atoms with Gasteiger partial charge in [0, 0.05) is 37.5 Å². The van der Waals surface area contributed by atoms with Crippen LogP contribution < -0.4 is 11.1 Å². The molecule has 1 aromatic carbocycles. The Morgan fingerprint density at radius 3 is 2.67 bits per heavy atom. The standard InChI is InChI=1S/C14H16Cl2N4O/c1-2-12-18-4-6-20(12)5-3-13(21)19-14-10(15)7-9(17)8-11(14)16/h4,6-8H,2-3,5,17H2,1H3,(H,19,21). The number of aryl methyl sites for hydroxylation is 2. The molecule has 0 aliphatic carbocycles. The minimum atomic E-state index is -0.167. The number of amides is 1. The Morgan fingerprint density at radius 2 is 2.05 bits per heavy atom. The van der Waals surface area contributed by atoms with Crippen molar-refractivity contribution in [1.29, 1.82) is 0 Å². The highest BCUT2D eigenvalue weighted by molar-refractivity contribution is 6.40. The Labute approximate surface area is 133 Å². The average Bonchev–Trinajstić information content (AvgIpc) is 2.88. The number of carbonyl (C=O) groups is 1. The molecule has 5 nitrogen and oxygen atoms in total. The van der Waals surface area contributed by atoms with Gasteiger partial charge in [0.2, 0.25) is 5.91 Å². The van der Waals surface area contributed by atoms with Crippen molar-refractivity contribution in [3.8, 4) is 0 Å². The van der Waals surface area contributed by atoms with Crippen LogP contribution in [-0.2, 0) is 17.8 Å². The summed E-state index contributed by atoms with van der Waals surface area (Å²) in [4.78, 5) is 16.2. The normalized spacial score (nSPS) is 10.6. The first-order chi connectivity index (χ1) is 10.0. The molecule has 0 bridgehead atoms. The van der Waals surface area contributed by atoms with E-state index in [-0.39, 0.29) is 5.91 Å². The number of imidazole rings is 1. The molecule has 0 radical (unpaired) electrons. The quantitative estimate of drug-likeness (QED) is 0.827. The first-order valence-electron chi connectivity index (χ1n) is 6.55. The summed E-state index contributed by atoms with van der Waals surface area (Å²) in [6.45, 7) is 2.58. The molecule has 0 spiro atoms. The van der Waals surface area contributed by atoms with Crippen LogP contribution in [0.15, 0.2) is 24.5 Å². The van der Waals surface area contributed by atoms with E-state index in [1.54, 1.807) is 18.3 Å². The Bertz CT molecular complexity index is 631. The highest BCUT2D eigenvalue weighted by atomic mass is 35.5. The molecule has 0 atom stereocenters. The molecular formula is C14H16Cl2N4O. The molecule has 2 rings (SSSR count). The minimum Gasteiger partial charge on any atom is -0.399 e. The van der Waals surface area contributed by atoms with E-state index in [0.29, 0.717) is 34.4 Å². The lowest BCUT2D eigenvalue weighted by Crippen LogP contribution is -2.15. The number of carbonyl (C=O) groups excluding carboxylic acids is 1. The molecular weight excluding hydrogens is 311 g/mol. The van der Waals surface area contributed by atoms with Crippen LogP contribution in [-0.4, -0.2) is 15.5 Å². The van der Waals surface area contributed by atoms with Crippen molar-refractivity contribution < 1.29 is 4.79 Å². The number of hydrogen-bond acceptors (Lipinski definition) is 3. The smallest absolute Gasteiger partial charge is 0.226 e. The Kier molecular flexibility index (Phi) is 5.09. The minimum absolute atomic E-state index is 0.167. The third-order valence-corrected chi connectivity index (χ3v) is 3.62. The number of benzene rings is 1. The molecule has 0 fully saturated rings. The molecule has 7 heteroatoms. The summed E-state index contributed by atoms with van der Waals surface area (Å²) < 4.78 is 1.95. The number of halogens is 2. The van der Waals surface area contributed by atoms with Crippen molar-refractivity contribution in [1.82, 2.24) is 9.55 Å². The van der Waals surface area contributed by atoms with Gasteiger partial charge in [-0.3, -0.25) is 4.79 Å². The third kappa shape index (κ3) is 3.89. The largest absolute Gasteiger partial charge is 0.399 e. The highest BCUT2D eigenvalue weighted by Crippen LogP contribution is 2.32. The van der Waals surface area contributed by atoms with E-state index in [0.717, 1.165) is 12.2 Å². The maximum atomic E-state index is 12.0. The van der Waals surface area contributed by atoms with E-state index in [2.05, 4.69) is 10.3 Å². The molecule has 1 amide bonds. The van der Waals surface area contributed by atoms with Crippen LogP contribution in [0.4, 0.5) is 11.4 Å². The van der Waals surface area contributed by atoms with Gasteiger partial charge >= 0.3 is 0 Å². The molecule has 21 heavy (non-hydrogen) atoms. The highest BCUT2D eigenvalue weighted by Gasteiger charge is 2.11. The zero-order chi connectivity index (χ0) is 15.4. The SMILES string of the molecule is CCc1nccn1CCC(=O)Nc1c(Cl)cc(N)cc1Cl. The van der Waals surface area contributed by atoms with E-state index in [1.165, 1.54) is 0 Å². The zero-order valence-electron chi connectivity index (χ0n) is 11.6. The van der Waals surface area contributed by atoms with Crippen molar-refractivity contribution in [3.05, 3.63) is 40.4 Å². The van der Waals surface area contributed by atoms with Crippen LogP contribution in [0, 0.1) is 0 Å². The van der Waals surface area contributed by atoms with Gasteiger partial charge in [-0.15, -0.1) is 0 Å². The summed E-state index contributed by atoms with van der Waals surface area (Å²) in [7, 11) is 0. The van der Waals surface area contributed by atoms with Gasteiger partial charge in [0.05, 0.1) is 15.7 Å². The summed E-state index contributed by atoms with van der Waals surface area (Å²) in [5.74, 6) is 0.783. The van der Waals surface area contributed by atoms with Crippen LogP contribution in [0.5, 0.6) is 0 Å². The summed E-state index contributed by atoms with van der Waals surface area (Å²) in [6.07, 6.45) is 4.71. The second kappa shape index (κ2) is 6.83. The van der Waals surface area contributed by atoms with Gasteiger partial charge in [-0.25, -0.2) is 4.98 Å². The number of anilines is 2. The molecule has 0 unspecified atom stereocenters. The van der Waals surface area contributed by atoms with Crippen LogP contribution in [0.2, 0.25) is 10.0 Å². The van der Waals surface area contributed by atoms with Gasteiger partial charge < -0.3 is 15.6 Å². The fourth-order valence-electron chi connectivity index (χ4n) is 1.99. The summed E-state index contributed by atoms with van der Waals surface area (Å²) in [5.41, 5.74) is 6.46. The van der Waals surface area contributed by atoms with Gasteiger partial charge in [0.15, 0.2) is 0 Å². The van der Waals surface area contributed by atoms with Gasteiger partial charge in [-0.2, -0.15) is 0 Å². The van der Waals surface area contributed by atoms with Crippen molar-refractivity contribution in [2.24, 2.45) is 0 Å². The Balaban J connectivity index is 1.99. The van der Waals surface area contributed by atoms with Crippen molar-refractivity contribution in [2.75, 3.05) is 11.1 Å². The second-order valence-corrected chi connectivity index (χ2v) is 5.36. The fraction of sp³-hybridized carbons (Fsp3) is 0.286. The number of nitrogens with one attached hydrogen (secondary N) is 1. The molecule has 0 aliphatic heterocycles. The van der Waals surface area contributed by atoms with Crippen molar-refractivity contribution in [3.63, 3.8) is 0 Å². The van der Waals surface area contributed by atoms with E-state index < -0.39 is 0 Å². The summed E-state index contributed by atoms with van der Waals surface area (Å²) in [6, 6.07) is 3.10. The van der Waals surface area contributed by atoms with Gasteiger partial charge in [-0.1, -0.05) is 30.1 Å². The topological polar surface area (TPSA) is 72.9 Å². The van der Waals surface area contributed by atoms with Crippen LogP contribution in [0.3, 0.4) is 0 Å². The first kappa shape index (κ1) is 15.7. The van der Waals surface area contributed by atoms with Gasteiger partial charge in [0.1, 0.15) is 5.82 Å². The molecule has 112 valence electrons. The van der Waals surface area contributed by atoms with Crippen LogP contribution in [0.25, 0.3) is 0 Å². The Morgan fingerprint density at radius 1 is 1.38 bits per heavy atom. The lowest BCUT2D eigenvalue weighted by Gasteiger charge is -2.11. The summed E-state index contributed by atoms with van der Waals surface area (Å²) >= 11 is 12.1. The fourth-order valence-corrected chi connectivity index (χ4v) is 2.59. The lowest BCUT2D eigenvalue weighted by molar-refractivity contribution is -0.116. The maximum absolute atomic E-state index is 12.0. The molecule has 3 N–H and O–H groups in total. The molecule has 0 saturated heterocycles. The number of aromatic nitrogens is 2. The average molecular weight is 327 g/mol. The summed E-state index contributed by atoms with van der Waals surface area (Å²) in [5, 5.41) is 3.36. The molecule has 2 aromatic rings. The maximum Gasteiger partial charge on any atom is 0.226 e. The van der Waals surface area contributed by atoms with Gasteiger partial charge in [0.25, 0.3) is 0 Å². The number of nitrogen functional groups attached to an aromatic ring is 1. The monoisotopic (exact) mass is 326 g/mol. The van der Waals surface area contributed by atoms with Gasteiger partial charge in [-0.05, 0) is 12.1 Å². The molecule has 1 heterocycles. The first-order valence-corrected chi connectivity index (χ1v) is 7.31. The third-order valence-electron chi connectivity index (χ3n) is 3.03. The molecule has 0 aliphatic rings. The zero-order valence-corrected chi connectivity index (χ0v) is 13.1. The van der Waals surface area contributed by atoms with E-state index in [4.69, 9.17) is 28.9 Å². The Hall–Kier alpha value is -1.72. The van der Waals surface area contributed by atoms with Crippen molar-refractivity contribution in [2.45, 2.75) is 26.3 Å². The van der Waals surface area contributed by atoms with Crippen molar-refractivity contribution >= 4 is 40.5 Å². The lowest BCUT2D eigenvalue weighted by atomic mass is 10.2. The van der Waals surface area contributed by atoms with Crippen LogP contribution >= 0.6 is 23.2 Å². The predicted molar refractivity (Wildman–Crippen MR) is 85.7 cm³/mol. The molecule has 0 saturated carbocycles. The van der Waals surface area contributed by atoms with E-state index >= 15 is 0 Å². The number of nitrogens with two attached hydrogens (primary N) is 1. The van der Waals surface area contributed by atoms with E-state index in [9.17, 15) is 4.79 Å².